The van der Waals surface area contributed by atoms with Crippen LogP contribution in [0.1, 0.15) is 38.0 Å². The average Bonchev–Trinajstić information content (AvgIpc) is 3.04. The second-order valence-corrected chi connectivity index (χ2v) is 7.07. The van der Waals surface area contributed by atoms with Crippen molar-refractivity contribution in [3.8, 4) is 5.75 Å². The fourth-order valence-electron chi connectivity index (χ4n) is 3.38. The summed E-state index contributed by atoms with van der Waals surface area (Å²) in [7, 11) is 3.27. The van der Waals surface area contributed by atoms with E-state index in [1.54, 1.807) is 36.7 Å². The molecule has 0 radical (unpaired) electrons. The molecule has 0 fully saturated rings. The smallest absolute Gasteiger partial charge is 0.335 e. The second-order valence-electron chi connectivity index (χ2n) is 6.69. The van der Waals surface area contributed by atoms with Crippen LogP contribution in [0.4, 0.5) is 0 Å². The van der Waals surface area contributed by atoms with Crippen molar-refractivity contribution in [2.45, 2.75) is 13.0 Å². The molecule has 160 valence electrons. The SMILES string of the molecule is COc1ccc2c(cc(C(=O)N[C@H](CO)c3ccc(C(=O)O)cc3C)n2C)c1Cl.S. The van der Waals surface area contributed by atoms with Crippen LogP contribution in [-0.2, 0) is 7.05 Å². The molecule has 7 nitrogen and oxygen atoms in total. The minimum atomic E-state index is -1.04. The number of aryl methyl sites for hydroxylation is 2. The molecule has 1 amide bonds. The molecular weight excluding hydrogens is 428 g/mol. The molecule has 0 bridgehead atoms. The Morgan fingerprint density at radius 1 is 1.23 bits per heavy atom. The number of aliphatic hydroxyl groups excluding tert-OH is 1. The lowest BCUT2D eigenvalue weighted by molar-refractivity contribution is 0.0696. The first-order valence-corrected chi connectivity index (χ1v) is 9.23. The van der Waals surface area contributed by atoms with Crippen LogP contribution in [0.2, 0.25) is 5.02 Å². The van der Waals surface area contributed by atoms with Gasteiger partial charge in [0.1, 0.15) is 11.4 Å². The number of nitrogens with one attached hydrogen (secondary N) is 1. The lowest BCUT2D eigenvalue weighted by Crippen LogP contribution is -2.32. The summed E-state index contributed by atoms with van der Waals surface area (Å²) in [5.41, 5.74) is 2.59. The number of aromatic nitrogens is 1. The number of carbonyl (C=O) groups excluding carboxylic acids is 1. The molecule has 0 unspecified atom stereocenters. The summed E-state index contributed by atoms with van der Waals surface area (Å²) in [5, 5.41) is 22.8. The van der Waals surface area contributed by atoms with Gasteiger partial charge in [0.25, 0.3) is 5.91 Å². The van der Waals surface area contributed by atoms with E-state index in [1.807, 2.05) is 6.07 Å². The maximum Gasteiger partial charge on any atom is 0.335 e. The van der Waals surface area contributed by atoms with E-state index >= 15 is 0 Å². The number of hydrogen-bond acceptors (Lipinski definition) is 4. The van der Waals surface area contributed by atoms with Gasteiger partial charge in [-0.05, 0) is 48.4 Å². The summed E-state index contributed by atoms with van der Waals surface area (Å²) in [5.74, 6) is -0.911. The number of methoxy groups -OCH3 is 1. The van der Waals surface area contributed by atoms with Gasteiger partial charge in [-0.15, -0.1) is 0 Å². The average molecular weight is 451 g/mol. The number of halogens is 1. The van der Waals surface area contributed by atoms with Crippen LogP contribution in [0.5, 0.6) is 5.75 Å². The van der Waals surface area contributed by atoms with Crippen molar-refractivity contribution < 1.29 is 24.5 Å². The number of aromatic carboxylic acids is 1. The van der Waals surface area contributed by atoms with Crippen LogP contribution < -0.4 is 10.1 Å². The number of rotatable bonds is 6. The predicted octanol–water partition coefficient (Wildman–Crippen LogP) is 3.42. The van der Waals surface area contributed by atoms with Gasteiger partial charge in [0.15, 0.2) is 0 Å². The number of hydrogen-bond donors (Lipinski definition) is 3. The number of benzene rings is 2. The summed E-state index contributed by atoms with van der Waals surface area (Å²) in [6, 6.07) is 9.09. The highest BCUT2D eigenvalue weighted by atomic mass is 35.5. The number of nitrogens with zero attached hydrogens (tertiary/aromatic N) is 1. The molecule has 0 saturated heterocycles. The van der Waals surface area contributed by atoms with E-state index in [-0.39, 0.29) is 31.6 Å². The summed E-state index contributed by atoms with van der Waals surface area (Å²) >= 11 is 6.36. The normalized spacial score (nSPS) is 11.6. The third-order valence-electron chi connectivity index (χ3n) is 4.96. The topological polar surface area (TPSA) is 101 Å². The van der Waals surface area contributed by atoms with Crippen LogP contribution >= 0.6 is 25.1 Å². The van der Waals surface area contributed by atoms with Gasteiger partial charge in [-0.2, -0.15) is 13.5 Å². The van der Waals surface area contributed by atoms with E-state index in [4.69, 9.17) is 21.4 Å². The first-order chi connectivity index (χ1) is 13.8. The monoisotopic (exact) mass is 450 g/mol. The Labute approximate surface area is 185 Å². The Balaban J connectivity index is 0.00000320. The van der Waals surface area contributed by atoms with Crippen molar-refractivity contribution in [2.24, 2.45) is 7.05 Å². The van der Waals surface area contributed by atoms with Crippen LogP contribution in [0.3, 0.4) is 0 Å². The molecule has 0 saturated carbocycles. The summed E-state index contributed by atoms with van der Waals surface area (Å²) in [6.07, 6.45) is 0. The van der Waals surface area contributed by atoms with Crippen LogP contribution in [-0.4, -0.2) is 40.4 Å². The molecule has 0 aliphatic heterocycles. The fourth-order valence-corrected chi connectivity index (χ4v) is 3.68. The van der Waals surface area contributed by atoms with E-state index in [0.717, 1.165) is 5.52 Å². The fraction of sp³-hybridized carbons (Fsp3) is 0.238. The molecule has 3 rings (SSSR count). The number of carboxylic acids is 1. The van der Waals surface area contributed by atoms with Crippen molar-refractivity contribution in [1.29, 1.82) is 0 Å². The summed E-state index contributed by atoms with van der Waals surface area (Å²) in [6.45, 7) is 1.40. The number of carbonyl (C=O) groups is 2. The van der Waals surface area contributed by atoms with Gasteiger partial charge < -0.3 is 24.8 Å². The summed E-state index contributed by atoms with van der Waals surface area (Å²) in [4.78, 5) is 24.0. The number of ether oxygens (including phenoxy) is 1. The highest BCUT2D eigenvalue weighted by molar-refractivity contribution is 7.59. The Hall–Kier alpha value is -2.68. The number of amides is 1. The lowest BCUT2D eigenvalue weighted by Gasteiger charge is -2.19. The Morgan fingerprint density at radius 2 is 1.93 bits per heavy atom. The van der Waals surface area contributed by atoms with E-state index in [1.165, 1.54) is 19.2 Å². The van der Waals surface area contributed by atoms with Gasteiger partial charge >= 0.3 is 5.97 Å². The van der Waals surface area contributed by atoms with E-state index < -0.39 is 12.0 Å². The Bertz CT molecular complexity index is 1110. The Morgan fingerprint density at radius 3 is 2.50 bits per heavy atom. The van der Waals surface area contributed by atoms with E-state index in [9.17, 15) is 14.7 Å². The number of carboxylic acid groups (broad SMARTS) is 1. The molecule has 0 aliphatic rings. The molecule has 0 spiro atoms. The maximum atomic E-state index is 12.9. The van der Waals surface area contributed by atoms with Crippen molar-refractivity contribution in [2.75, 3.05) is 13.7 Å². The van der Waals surface area contributed by atoms with Crippen LogP contribution in [0, 0.1) is 6.92 Å². The molecule has 3 aromatic rings. The molecule has 1 aromatic heterocycles. The molecule has 9 heteroatoms. The van der Waals surface area contributed by atoms with Crippen molar-refractivity contribution in [3.05, 3.63) is 63.8 Å². The molecule has 1 heterocycles. The first-order valence-electron chi connectivity index (χ1n) is 8.86. The minimum absolute atomic E-state index is 0. The van der Waals surface area contributed by atoms with Gasteiger partial charge in [0.05, 0.1) is 35.9 Å². The molecule has 3 N–H and O–H groups in total. The predicted molar refractivity (Wildman–Crippen MR) is 120 cm³/mol. The maximum absolute atomic E-state index is 12.9. The largest absolute Gasteiger partial charge is 0.495 e. The quantitative estimate of drug-likeness (QED) is 0.534. The highest BCUT2D eigenvalue weighted by Gasteiger charge is 2.21. The third-order valence-corrected chi connectivity index (χ3v) is 5.35. The van der Waals surface area contributed by atoms with Crippen molar-refractivity contribution in [3.63, 3.8) is 0 Å². The molecular formula is C21H23ClN2O5S. The van der Waals surface area contributed by atoms with Gasteiger partial charge in [-0.3, -0.25) is 4.79 Å². The zero-order chi connectivity index (χ0) is 21.3. The third kappa shape index (κ3) is 4.26. The minimum Gasteiger partial charge on any atom is -0.495 e. The van der Waals surface area contributed by atoms with Crippen molar-refractivity contribution >= 4 is 47.9 Å². The second kappa shape index (κ2) is 9.42. The van der Waals surface area contributed by atoms with E-state index in [2.05, 4.69) is 5.32 Å². The van der Waals surface area contributed by atoms with Gasteiger partial charge in [0, 0.05) is 12.4 Å². The molecule has 0 aliphatic carbocycles. The molecule has 30 heavy (non-hydrogen) atoms. The molecule has 1 atom stereocenters. The number of fused-ring (bicyclic) bond motifs is 1. The highest BCUT2D eigenvalue weighted by Crippen LogP contribution is 2.34. The standard InChI is InChI=1S/C21H21ClN2O5.H2S/c1-11-8-12(21(27)28)4-5-13(11)15(10-25)23-20(26)17-9-14-16(24(17)2)6-7-18(29-3)19(14)22;/h4-9,15,25H,10H2,1-3H3,(H,23,26)(H,27,28);1H2/t15-;/m1./s1. The summed E-state index contributed by atoms with van der Waals surface area (Å²) < 4.78 is 6.94. The Kier molecular flexibility index (Phi) is 7.41. The lowest BCUT2D eigenvalue weighted by atomic mass is 9.99. The zero-order valence-electron chi connectivity index (χ0n) is 16.7. The van der Waals surface area contributed by atoms with Gasteiger partial charge in [0.2, 0.25) is 0 Å². The zero-order valence-corrected chi connectivity index (χ0v) is 18.4. The van der Waals surface area contributed by atoms with Gasteiger partial charge in [-0.1, -0.05) is 17.7 Å². The number of aliphatic hydroxyl groups is 1. The first kappa shape index (κ1) is 23.6. The van der Waals surface area contributed by atoms with E-state index in [0.29, 0.717) is 33.0 Å². The van der Waals surface area contributed by atoms with Crippen LogP contribution in [0.15, 0.2) is 36.4 Å². The van der Waals surface area contributed by atoms with Crippen molar-refractivity contribution in [1.82, 2.24) is 9.88 Å². The van der Waals surface area contributed by atoms with Gasteiger partial charge in [-0.25, -0.2) is 4.79 Å². The van der Waals surface area contributed by atoms with Crippen LogP contribution in [0.25, 0.3) is 10.9 Å². The molecule has 2 aromatic carbocycles.